The predicted molar refractivity (Wildman–Crippen MR) is 52.3 cm³/mol. The minimum Gasteiger partial charge on any atom is -0.396 e. The summed E-state index contributed by atoms with van der Waals surface area (Å²) in [5.41, 5.74) is 6.65. The van der Waals surface area contributed by atoms with E-state index in [0.717, 1.165) is 12.0 Å². The van der Waals surface area contributed by atoms with Gasteiger partial charge in [-0.2, -0.15) is 0 Å². The molecule has 0 radical (unpaired) electrons. The highest BCUT2D eigenvalue weighted by Crippen LogP contribution is 2.53. The van der Waals surface area contributed by atoms with Crippen molar-refractivity contribution in [3.8, 4) is 0 Å². The number of hydrogen-bond acceptors (Lipinski definition) is 2. The van der Waals surface area contributed by atoms with Gasteiger partial charge in [0.15, 0.2) is 0 Å². The van der Waals surface area contributed by atoms with E-state index < -0.39 is 0 Å². The Hall–Kier alpha value is -0.930. The lowest BCUT2D eigenvalue weighted by Crippen LogP contribution is -2.23. The molecule has 1 fully saturated rings. The van der Waals surface area contributed by atoms with Crippen molar-refractivity contribution in [3.63, 3.8) is 0 Å². The summed E-state index contributed by atoms with van der Waals surface area (Å²) < 4.78 is 12.7. The Labute approximate surface area is 82.5 Å². The van der Waals surface area contributed by atoms with Crippen LogP contribution in [0.2, 0.25) is 0 Å². The first kappa shape index (κ1) is 9.62. The van der Waals surface area contributed by atoms with Crippen LogP contribution < -0.4 is 5.73 Å². The minimum atomic E-state index is -0.234. The van der Waals surface area contributed by atoms with E-state index in [4.69, 9.17) is 10.8 Å². The van der Waals surface area contributed by atoms with Gasteiger partial charge in [0, 0.05) is 18.6 Å². The second-order valence-electron chi connectivity index (χ2n) is 3.95. The number of benzene rings is 1. The zero-order valence-corrected chi connectivity index (χ0v) is 7.91. The van der Waals surface area contributed by atoms with Crippen LogP contribution in [0.3, 0.4) is 0 Å². The van der Waals surface area contributed by atoms with Gasteiger partial charge >= 0.3 is 0 Å². The fourth-order valence-corrected chi connectivity index (χ4v) is 2.12. The molecule has 1 aliphatic rings. The van der Waals surface area contributed by atoms with Crippen LogP contribution in [0.5, 0.6) is 0 Å². The molecule has 1 aliphatic carbocycles. The van der Waals surface area contributed by atoms with Gasteiger partial charge in [-0.3, -0.25) is 0 Å². The molecule has 1 saturated carbocycles. The van der Waals surface area contributed by atoms with Crippen molar-refractivity contribution in [2.75, 3.05) is 13.2 Å². The van der Waals surface area contributed by atoms with Crippen LogP contribution in [0.25, 0.3) is 0 Å². The first-order valence-corrected chi connectivity index (χ1v) is 4.80. The quantitative estimate of drug-likeness (QED) is 0.756. The summed E-state index contributed by atoms with van der Waals surface area (Å²) in [6.45, 7) is 0.679. The van der Waals surface area contributed by atoms with Crippen molar-refractivity contribution >= 4 is 0 Å². The van der Waals surface area contributed by atoms with E-state index in [1.807, 2.05) is 0 Å². The second-order valence-corrected chi connectivity index (χ2v) is 3.95. The van der Waals surface area contributed by atoms with Gasteiger partial charge < -0.3 is 10.8 Å². The second kappa shape index (κ2) is 3.33. The zero-order valence-electron chi connectivity index (χ0n) is 7.91. The summed E-state index contributed by atoms with van der Waals surface area (Å²) in [6, 6.07) is 6.41. The lowest BCUT2D eigenvalue weighted by atomic mass is 9.93. The van der Waals surface area contributed by atoms with Crippen LogP contribution in [0.15, 0.2) is 24.3 Å². The van der Waals surface area contributed by atoms with Crippen LogP contribution in [0, 0.1) is 11.7 Å². The number of hydrogen-bond donors (Lipinski definition) is 2. The lowest BCUT2D eigenvalue weighted by Gasteiger charge is -2.14. The highest BCUT2D eigenvalue weighted by Gasteiger charge is 2.53. The molecule has 3 N–H and O–H groups in total. The molecule has 2 nitrogen and oxygen atoms in total. The summed E-state index contributed by atoms with van der Waals surface area (Å²) >= 11 is 0. The Morgan fingerprint density at radius 2 is 2.07 bits per heavy atom. The van der Waals surface area contributed by atoms with Gasteiger partial charge in [0.2, 0.25) is 0 Å². The first-order valence-electron chi connectivity index (χ1n) is 4.80. The van der Waals surface area contributed by atoms with E-state index in [1.54, 1.807) is 12.1 Å². The van der Waals surface area contributed by atoms with Crippen molar-refractivity contribution in [2.45, 2.75) is 11.8 Å². The molecular weight excluding hydrogens is 181 g/mol. The van der Waals surface area contributed by atoms with Gasteiger partial charge in [0.1, 0.15) is 5.82 Å². The fraction of sp³-hybridized carbons (Fsp3) is 0.455. The summed E-state index contributed by atoms with van der Waals surface area (Å²) in [6.07, 6.45) is 0.908. The maximum Gasteiger partial charge on any atom is 0.123 e. The van der Waals surface area contributed by atoms with E-state index >= 15 is 0 Å². The third-order valence-corrected chi connectivity index (χ3v) is 3.24. The number of aliphatic hydroxyl groups excluding tert-OH is 1. The van der Waals surface area contributed by atoms with E-state index in [2.05, 4.69) is 0 Å². The fourth-order valence-electron chi connectivity index (χ4n) is 2.12. The monoisotopic (exact) mass is 195 g/mol. The molecular formula is C11H14FNO. The molecule has 14 heavy (non-hydrogen) atoms. The van der Waals surface area contributed by atoms with Gasteiger partial charge in [-0.25, -0.2) is 4.39 Å². The van der Waals surface area contributed by atoms with Crippen molar-refractivity contribution in [1.29, 1.82) is 0 Å². The third-order valence-electron chi connectivity index (χ3n) is 3.24. The number of rotatable bonds is 3. The Kier molecular flexibility index (Phi) is 2.29. The van der Waals surface area contributed by atoms with E-state index in [9.17, 15) is 4.39 Å². The SMILES string of the molecule is NCC1(c2ccc(F)cc2)CC1CO. The van der Waals surface area contributed by atoms with Gasteiger partial charge in [0.05, 0.1) is 0 Å². The Morgan fingerprint density at radius 1 is 1.43 bits per heavy atom. The largest absolute Gasteiger partial charge is 0.396 e. The molecule has 0 amide bonds. The lowest BCUT2D eigenvalue weighted by molar-refractivity contribution is 0.264. The number of nitrogens with two attached hydrogens (primary N) is 1. The highest BCUT2D eigenvalue weighted by molar-refractivity contribution is 5.34. The summed E-state index contributed by atoms with van der Waals surface area (Å²) in [5.74, 6) is 0.0140. The summed E-state index contributed by atoms with van der Waals surface area (Å²) in [7, 11) is 0. The molecule has 1 aromatic rings. The summed E-state index contributed by atoms with van der Waals surface area (Å²) in [4.78, 5) is 0. The molecule has 0 bridgehead atoms. The molecule has 0 heterocycles. The number of aliphatic hydroxyl groups is 1. The Balaban J connectivity index is 2.26. The molecule has 0 aromatic heterocycles. The molecule has 0 spiro atoms. The van der Waals surface area contributed by atoms with Crippen LogP contribution in [0.4, 0.5) is 4.39 Å². The molecule has 0 saturated heterocycles. The average molecular weight is 195 g/mol. The van der Waals surface area contributed by atoms with Gasteiger partial charge in [-0.05, 0) is 30.0 Å². The number of halogens is 1. The minimum absolute atomic E-state index is 0.0948. The molecule has 0 aliphatic heterocycles. The van der Waals surface area contributed by atoms with Crippen molar-refractivity contribution < 1.29 is 9.50 Å². The highest BCUT2D eigenvalue weighted by atomic mass is 19.1. The topological polar surface area (TPSA) is 46.2 Å². The van der Waals surface area contributed by atoms with Crippen LogP contribution >= 0.6 is 0 Å². The standard InChI is InChI=1S/C11H14FNO/c12-10-3-1-8(2-4-10)11(7-13)5-9(11)6-14/h1-4,9,14H,5-7,13H2. The van der Waals surface area contributed by atoms with Gasteiger partial charge in [-0.15, -0.1) is 0 Å². The Morgan fingerprint density at radius 3 is 2.50 bits per heavy atom. The predicted octanol–water partition coefficient (Wildman–Crippen LogP) is 1.03. The Bertz CT molecular complexity index is 325. The maximum absolute atomic E-state index is 12.7. The smallest absolute Gasteiger partial charge is 0.123 e. The van der Waals surface area contributed by atoms with Gasteiger partial charge in [-0.1, -0.05) is 12.1 Å². The molecule has 1 aromatic carbocycles. The normalized spacial score (nSPS) is 30.4. The zero-order chi connectivity index (χ0) is 10.2. The van der Waals surface area contributed by atoms with E-state index in [1.165, 1.54) is 12.1 Å². The van der Waals surface area contributed by atoms with Crippen LogP contribution in [0.1, 0.15) is 12.0 Å². The molecule has 3 heteroatoms. The van der Waals surface area contributed by atoms with E-state index in [0.29, 0.717) is 6.54 Å². The molecule has 76 valence electrons. The van der Waals surface area contributed by atoms with Crippen LogP contribution in [-0.4, -0.2) is 18.3 Å². The third kappa shape index (κ3) is 1.33. The summed E-state index contributed by atoms with van der Waals surface area (Å²) in [5, 5.41) is 9.06. The molecule has 2 atom stereocenters. The van der Waals surface area contributed by atoms with Crippen molar-refractivity contribution in [1.82, 2.24) is 0 Å². The molecule has 2 rings (SSSR count). The van der Waals surface area contributed by atoms with Crippen LogP contribution in [-0.2, 0) is 5.41 Å². The maximum atomic E-state index is 12.7. The van der Waals surface area contributed by atoms with Gasteiger partial charge in [0.25, 0.3) is 0 Å². The van der Waals surface area contributed by atoms with Crippen molar-refractivity contribution in [2.24, 2.45) is 11.7 Å². The average Bonchev–Trinajstić information content (AvgIpc) is 2.94. The van der Waals surface area contributed by atoms with E-state index in [-0.39, 0.29) is 23.8 Å². The van der Waals surface area contributed by atoms with Crippen molar-refractivity contribution in [3.05, 3.63) is 35.6 Å². The first-order chi connectivity index (χ1) is 6.73. The molecule has 2 unspecified atom stereocenters.